The number of aromatic nitrogens is 2. The van der Waals surface area contributed by atoms with Crippen LogP contribution in [0.25, 0.3) is 21.9 Å². The van der Waals surface area contributed by atoms with E-state index in [9.17, 15) is 4.79 Å². The lowest BCUT2D eigenvalue weighted by atomic mass is 9.96. The number of hydrogen-bond acceptors (Lipinski definition) is 5. The van der Waals surface area contributed by atoms with E-state index in [0.29, 0.717) is 11.3 Å². The van der Waals surface area contributed by atoms with E-state index in [-0.39, 0.29) is 5.56 Å². The maximum atomic E-state index is 12.8. The molecule has 0 radical (unpaired) electrons. The summed E-state index contributed by atoms with van der Waals surface area (Å²) < 4.78 is 13.2. The molecule has 1 aromatic carbocycles. The second-order valence-electron chi connectivity index (χ2n) is 9.05. The minimum Gasteiger partial charge on any atom is -0.496 e. The van der Waals surface area contributed by atoms with Crippen molar-refractivity contribution in [1.82, 2.24) is 14.5 Å². The van der Waals surface area contributed by atoms with Crippen LogP contribution in [-0.4, -0.2) is 41.8 Å². The quantitative estimate of drug-likeness (QED) is 0.606. The minimum absolute atomic E-state index is 0.0314. The number of rotatable bonds is 6. The molecular formula is C25H29N3O3. The molecule has 2 aromatic heterocycles. The summed E-state index contributed by atoms with van der Waals surface area (Å²) in [7, 11) is 5.19. The summed E-state index contributed by atoms with van der Waals surface area (Å²) in [6.45, 7) is 5.26. The zero-order valence-electron chi connectivity index (χ0n) is 18.6. The molecule has 6 nitrogen and oxygen atoms in total. The fourth-order valence-corrected chi connectivity index (χ4v) is 4.69. The van der Waals surface area contributed by atoms with E-state index in [1.807, 2.05) is 6.20 Å². The van der Waals surface area contributed by atoms with Crippen LogP contribution in [0, 0.1) is 5.92 Å². The Bertz CT molecular complexity index is 1180. The van der Waals surface area contributed by atoms with Gasteiger partial charge in [-0.3, -0.25) is 14.7 Å². The highest BCUT2D eigenvalue weighted by molar-refractivity contribution is 5.96. The predicted molar refractivity (Wildman–Crippen MR) is 122 cm³/mol. The Morgan fingerprint density at radius 1 is 1.06 bits per heavy atom. The van der Waals surface area contributed by atoms with Crippen molar-refractivity contribution in [2.45, 2.75) is 32.2 Å². The molecule has 0 bridgehead atoms. The zero-order chi connectivity index (χ0) is 21.7. The molecule has 1 saturated carbocycles. The topological polar surface area (TPSA) is 56.6 Å². The molecule has 0 unspecified atom stereocenters. The normalized spacial score (nSPS) is 17.0. The summed E-state index contributed by atoms with van der Waals surface area (Å²) in [4.78, 5) is 19.7. The Morgan fingerprint density at radius 2 is 1.74 bits per heavy atom. The fourth-order valence-electron chi connectivity index (χ4n) is 4.69. The first-order valence-corrected chi connectivity index (χ1v) is 11.0. The Labute approximate surface area is 182 Å². The van der Waals surface area contributed by atoms with Gasteiger partial charge in [0.2, 0.25) is 0 Å². The molecule has 2 fully saturated rings. The van der Waals surface area contributed by atoms with Crippen LogP contribution < -0.4 is 15.0 Å². The van der Waals surface area contributed by atoms with Crippen molar-refractivity contribution < 1.29 is 9.47 Å². The molecule has 0 spiro atoms. The number of pyridine rings is 2. The van der Waals surface area contributed by atoms with Crippen LogP contribution >= 0.6 is 0 Å². The molecule has 5 rings (SSSR count). The predicted octanol–water partition coefficient (Wildman–Crippen LogP) is 3.95. The van der Waals surface area contributed by atoms with Crippen molar-refractivity contribution in [3.63, 3.8) is 0 Å². The lowest BCUT2D eigenvalue weighted by Crippen LogP contribution is -2.44. The van der Waals surface area contributed by atoms with Crippen LogP contribution in [-0.2, 0) is 13.6 Å². The summed E-state index contributed by atoms with van der Waals surface area (Å²) in [6, 6.07) is 6.23. The van der Waals surface area contributed by atoms with E-state index in [0.717, 1.165) is 64.8 Å². The van der Waals surface area contributed by atoms with Crippen molar-refractivity contribution in [2.24, 2.45) is 13.0 Å². The van der Waals surface area contributed by atoms with Crippen LogP contribution in [0.2, 0.25) is 0 Å². The number of likely N-dealkylation sites (tertiary alicyclic amines) is 1. The SMILES string of the molecule is COc1cc(-c2cn(C)c(=O)c3cnc(C4CC4)cc23)cc(OC)c1CN1CC(C)C1. The lowest BCUT2D eigenvalue weighted by Gasteiger charge is -2.37. The van der Waals surface area contributed by atoms with Gasteiger partial charge in [-0.25, -0.2) is 0 Å². The van der Waals surface area contributed by atoms with Crippen LogP contribution in [0.3, 0.4) is 0 Å². The van der Waals surface area contributed by atoms with Gasteiger partial charge in [0.05, 0.1) is 25.2 Å². The highest BCUT2D eigenvalue weighted by Gasteiger charge is 2.27. The van der Waals surface area contributed by atoms with E-state index < -0.39 is 0 Å². The van der Waals surface area contributed by atoms with Crippen LogP contribution in [0.5, 0.6) is 11.5 Å². The summed E-state index contributed by atoms with van der Waals surface area (Å²) in [6.07, 6.45) is 5.99. The molecule has 6 heteroatoms. The van der Waals surface area contributed by atoms with Gasteiger partial charge in [-0.15, -0.1) is 0 Å². The zero-order valence-corrected chi connectivity index (χ0v) is 18.6. The van der Waals surface area contributed by atoms with Gasteiger partial charge in [-0.1, -0.05) is 6.92 Å². The van der Waals surface area contributed by atoms with Crippen molar-refractivity contribution in [2.75, 3.05) is 27.3 Å². The minimum atomic E-state index is -0.0314. The first kappa shape index (κ1) is 20.1. The molecule has 0 atom stereocenters. The second kappa shape index (κ2) is 7.68. The van der Waals surface area contributed by atoms with Gasteiger partial charge in [0.1, 0.15) is 11.5 Å². The molecule has 0 amide bonds. The maximum absolute atomic E-state index is 12.8. The van der Waals surface area contributed by atoms with E-state index in [1.165, 1.54) is 12.8 Å². The highest BCUT2D eigenvalue weighted by atomic mass is 16.5. The molecule has 2 aliphatic rings. The van der Waals surface area contributed by atoms with Crippen molar-refractivity contribution >= 4 is 10.8 Å². The summed E-state index contributed by atoms with van der Waals surface area (Å²) >= 11 is 0. The van der Waals surface area contributed by atoms with Gasteiger partial charge < -0.3 is 14.0 Å². The number of methoxy groups -OCH3 is 2. The molecule has 3 heterocycles. The van der Waals surface area contributed by atoms with Gasteiger partial charge in [0.15, 0.2) is 0 Å². The molecule has 1 aliphatic carbocycles. The monoisotopic (exact) mass is 419 g/mol. The first-order chi connectivity index (χ1) is 15.0. The molecule has 1 saturated heterocycles. The Hall–Kier alpha value is -2.86. The third-order valence-electron chi connectivity index (χ3n) is 6.52. The molecule has 0 N–H and O–H groups in total. The average molecular weight is 420 g/mol. The highest BCUT2D eigenvalue weighted by Crippen LogP contribution is 2.42. The summed E-state index contributed by atoms with van der Waals surface area (Å²) in [5.74, 6) is 2.88. The number of aryl methyl sites for hydroxylation is 1. The number of benzene rings is 1. The molecule has 1 aliphatic heterocycles. The Balaban J connectivity index is 1.66. The molecule has 3 aromatic rings. The molecular weight excluding hydrogens is 390 g/mol. The summed E-state index contributed by atoms with van der Waals surface area (Å²) in [5, 5.41) is 1.58. The van der Waals surface area contributed by atoms with Gasteiger partial charge in [0, 0.05) is 56.3 Å². The third-order valence-corrected chi connectivity index (χ3v) is 6.52. The number of fused-ring (bicyclic) bond motifs is 1. The van der Waals surface area contributed by atoms with Crippen LogP contribution in [0.1, 0.15) is 36.9 Å². The largest absolute Gasteiger partial charge is 0.496 e. The smallest absolute Gasteiger partial charge is 0.259 e. The van der Waals surface area contributed by atoms with E-state index in [4.69, 9.17) is 9.47 Å². The van der Waals surface area contributed by atoms with Gasteiger partial charge in [-0.2, -0.15) is 0 Å². The Kier molecular flexibility index (Phi) is 4.97. The molecule has 162 valence electrons. The lowest BCUT2D eigenvalue weighted by molar-refractivity contribution is 0.103. The maximum Gasteiger partial charge on any atom is 0.259 e. The number of hydrogen-bond donors (Lipinski definition) is 0. The fraction of sp³-hybridized carbons (Fsp3) is 0.440. The van der Waals surface area contributed by atoms with E-state index in [2.05, 4.69) is 35.0 Å². The van der Waals surface area contributed by atoms with Crippen LogP contribution in [0.15, 0.2) is 35.4 Å². The first-order valence-electron chi connectivity index (χ1n) is 11.0. The van der Waals surface area contributed by atoms with Crippen molar-refractivity contribution in [3.05, 3.63) is 52.2 Å². The average Bonchev–Trinajstić information content (AvgIpc) is 3.60. The van der Waals surface area contributed by atoms with Gasteiger partial charge in [-0.05, 0) is 47.9 Å². The number of nitrogens with zero attached hydrogens (tertiary/aromatic N) is 3. The standard InChI is InChI=1S/C25H29N3O3/c1-15-11-28(12-15)14-21-23(30-3)7-17(8-24(21)31-4)20-13-27(2)25(29)19-10-26-22(9-18(19)20)16-5-6-16/h7-10,13,15-16H,5-6,11-12,14H2,1-4H3. The van der Waals surface area contributed by atoms with Crippen molar-refractivity contribution in [3.8, 4) is 22.6 Å². The second-order valence-corrected chi connectivity index (χ2v) is 9.05. The van der Waals surface area contributed by atoms with E-state index >= 15 is 0 Å². The Morgan fingerprint density at radius 3 is 2.32 bits per heavy atom. The van der Waals surface area contributed by atoms with Gasteiger partial charge >= 0.3 is 0 Å². The van der Waals surface area contributed by atoms with Crippen molar-refractivity contribution in [1.29, 1.82) is 0 Å². The number of ether oxygens (including phenoxy) is 2. The molecule has 31 heavy (non-hydrogen) atoms. The van der Waals surface area contributed by atoms with E-state index in [1.54, 1.807) is 32.0 Å². The summed E-state index contributed by atoms with van der Waals surface area (Å²) in [5.41, 5.74) is 4.07. The van der Waals surface area contributed by atoms with Crippen LogP contribution in [0.4, 0.5) is 0 Å². The third kappa shape index (κ3) is 3.59. The van der Waals surface area contributed by atoms with Gasteiger partial charge in [0.25, 0.3) is 5.56 Å².